The van der Waals surface area contributed by atoms with E-state index >= 15 is 0 Å². The number of likely N-dealkylation sites (tertiary alicyclic amines) is 1. The Morgan fingerprint density at radius 2 is 1.73 bits per heavy atom. The maximum atomic E-state index is 13.0. The van der Waals surface area contributed by atoms with Gasteiger partial charge in [0.1, 0.15) is 5.58 Å². The van der Waals surface area contributed by atoms with E-state index in [9.17, 15) is 9.59 Å². The fraction of sp³-hybridized carbons (Fsp3) is 0.565. The van der Waals surface area contributed by atoms with E-state index in [1.165, 1.54) is 6.42 Å². The van der Waals surface area contributed by atoms with Crippen molar-refractivity contribution in [3.8, 4) is 0 Å². The topological polar surface area (TPSA) is 57.0 Å². The van der Waals surface area contributed by atoms with Gasteiger partial charge in [0.05, 0.1) is 6.54 Å². The zero-order valence-corrected chi connectivity index (χ0v) is 18.7. The van der Waals surface area contributed by atoms with E-state index in [1.54, 1.807) is 12.1 Å². The lowest BCUT2D eigenvalue weighted by Crippen LogP contribution is -2.53. The van der Waals surface area contributed by atoms with Crippen LogP contribution in [0, 0.1) is 18.8 Å². The standard InChI is InChI=1S/C23H30ClN3O3/c1-15-10-16(2)13-27(12-15)21(28)14-25-6-8-26(9-7-25)23(29)22-17(3)19-11-18(24)4-5-20(19)30-22/h4-5,11,15-16H,6-10,12-14H2,1-3H3. The van der Waals surface area contributed by atoms with Crippen molar-refractivity contribution in [3.63, 3.8) is 0 Å². The highest BCUT2D eigenvalue weighted by atomic mass is 35.5. The quantitative estimate of drug-likeness (QED) is 0.744. The number of rotatable bonds is 3. The molecule has 2 atom stereocenters. The molecule has 2 amide bonds. The first kappa shape index (κ1) is 21.2. The maximum Gasteiger partial charge on any atom is 0.289 e. The van der Waals surface area contributed by atoms with Crippen LogP contribution in [0.25, 0.3) is 11.0 Å². The van der Waals surface area contributed by atoms with Crippen LogP contribution < -0.4 is 0 Å². The van der Waals surface area contributed by atoms with Crippen molar-refractivity contribution in [2.75, 3.05) is 45.8 Å². The summed E-state index contributed by atoms with van der Waals surface area (Å²) < 4.78 is 5.84. The number of nitrogens with zero attached hydrogens (tertiary/aromatic N) is 3. The molecular formula is C23H30ClN3O3. The molecule has 3 heterocycles. The minimum Gasteiger partial charge on any atom is -0.451 e. The molecule has 162 valence electrons. The second-order valence-corrected chi connectivity index (χ2v) is 9.45. The van der Waals surface area contributed by atoms with Crippen LogP contribution in [0.1, 0.15) is 36.4 Å². The molecule has 2 aliphatic rings. The average molecular weight is 432 g/mol. The van der Waals surface area contributed by atoms with E-state index in [-0.39, 0.29) is 11.8 Å². The number of hydrogen-bond acceptors (Lipinski definition) is 4. The van der Waals surface area contributed by atoms with E-state index in [2.05, 4.69) is 18.7 Å². The van der Waals surface area contributed by atoms with E-state index in [0.29, 0.717) is 60.9 Å². The van der Waals surface area contributed by atoms with Crippen molar-refractivity contribution in [1.82, 2.24) is 14.7 Å². The van der Waals surface area contributed by atoms with Crippen molar-refractivity contribution in [2.24, 2.45) is 11.8 Å². The summed E-state index contributed by atoms with van der Waals surface area (Å²) in [5.74, 6) is 1.62. The van der Waals surface area contributed by atoms with Crippen molar-refractivity contribution in [1.29, 1.82) is 0 Å². The Morgan fingerprint density at radius 3 is 2.40 bits per heavy atom. The summed E-state index contributed by atoms with van der Waals surface area (Å²) in [6, 6.07) is 5.40. The van der Waals surface area contributed by atoms with Gasteiger partial charge < -0.3 is 14.2 Å². The number of piperidine rings is 1. The van der Waals surface area contributed by atoms with Crippen LogP contribution in [0.4, 0.5) is 0 Å². The molecule has 4 rings (SSSR count). The molecule has 0 N–H and O–H groups in total. The zero-order valence-electron chi connectivity index (χ0n) is 18.0. The Bertz CT molecular complexity index is 939. The molecular weight excluding hydrogens is 402 g/mol. The SMILES string of the molecule is Cc1c(C(=O)N2CCN(CC(=O)N3CC(C)CC(C)C3)CC2)oc2ccc(Cl)cc12. The van der Waals surface area contributed by atoms with Crippen LogP contribution in [-0.4, -0.2) is 72.3 Å². The van der Waals surface area contributed by atoms with Gasteiger partial charge >= 0.3 is 0 Å². The van der Waals surface area contributed by atoms with Crippen LogP contribution in [-0.2, 0) is 4.79 Å². The molecule has 0 aliphatic carbocycles. The van der Waals surface area contributed by atoms with Gasteiger partial charge in [0.2, 0.25) is 5.91 Å². The third-order valence-corrected chi connectivity index (χ3v) is 6.57. The highest BCUT2D eigenvalue weighted by Gasteiger charge is 2.30. The number of fused-ring (bicyclic) bond motifs is 1. The number of carbonyl (C=O) groups excluding carboxylic acids is 2. The first-order valence-corrected chi connectivity index (χ1v) is 11.2. The normalized spacial score (nSPS) is 23.2. The number of furan rings is 1. The minimum absolute atomic E-state index is 0.0931. The lowest BCUT2D eigenvalue weighted by atomic mass is 9.92. The zero-order chi connectivity index (χ0) is 21.4. The van der Waals surface area contributed by atoms with Crippen molar-refractivity contribution >= 4 is 34.4 Å². The summed E-state index contributed by atoms with van der Waals surface area (Å²) in [5.41, 5.74) is 1.50. The summed E-state index contributed by atoms with van der Waals surface area (Å²) in [6.45, 7) is 11.1. The molecule has 1 aromatic carbocycles. The van der Waals surface area contributed by atoms with E-state index in [4.69, 9.17) is 16.0 Å². The fourth-order valence-electron chi connectivity index (χ4n) is 4.81. The minimum atomic E-state index is -0.0931. The third-order valence-electron chi connectivity index (χ3n) is 6.33. The maximum absolute atomic E-state index is 13.0. The number of carbonyl (C=O) groups is 2. The first-order valence-electron chi connectivity index (χ1n) is 10.8. The van der Waals surface area contributed by atoms with E-state index in [0.717, 1.165) is 24.0 Å². The van der Waals surface area contributed by atoms with Gasteiger partial charge in [0.25, 0.3) is 5.91 Å². The van der Waals surface area contributed by atoms with Crippen molar-refractivity contribution in [3.05, 3.63) is 34.5 Å². The Balaban J connectivity index is 1.35. The number of piperazine rings is 1. The lowest BCUT2D eigenvalue weighted by Gasteiger charge is -2.38. The molecule has 2 saturated heterocycles. The Kier molecular flexibility index (Phi) is 6.07. The van der Waals surface area contributed by atoms with Crippen LogP contribution in [0.2, 0.25) is 5.02 Å². The molecule has 0 saturated carbocycles. The molecule has 1 aromatic heterocycles. The second-order valence-electron chi connectivity index (χ2n) is 9.01. The molecule has 0 spiro atoms. The highest BCUT2D eigenvalue weighted by Crippen LogP contribution is 2.29. The lowest BCUT2D eigenvalue weighted by molar-refractivity contribution is -0.135. The Hall–Kier alpha value is -2.05. The molecule has 2 aliphatic heterocycles. The van der Waals surface area contributed by atoms with Crippen molar-refractivity contribution < 1.29 is 14.0 Å². The number of aryl methyl sites for hydroxylation is 1. The van der Waals surface area contributed by atoms with Gasteiger partial charge in [0, 0.05) is 55.2 Å². The molecule has 6 nitrogen and oxygen atoms in total. The van der Waals surface area contributed by atoms with Crippen LogP contribution >= 0.6 is 11.6 Å². The summed E-state index contributed by atoms with van der Waals surface area (Å²) in [4.78, 5) is 31.8. The predicted octanol–water partition coefficient (Wildman–Crippen LogP) is 3.66. The monoisotopic (exact) mass is 431 g/mol. The number of halogens is 1. The third kappa shape index (κ3) is 4.35. The van der Waals surface area contributed by atoms with E-state index in [1.807, 2.05) is 22.8 Å². The predicted molar refractivity (Wildman–Crippen MR) is 118 cm³/mol. The van der Waals surface area contributed by atoms with Gasteiger partial charge in [-0.05, 0) is 43.4 Å². The van der Waals surface area contributed by atoms with Gasteiger partial charge in [-0.1, -0.05) is 25.4 Å². The molecule has 30 heavy (non-hydrogen) atoms. The van der Waals surface area contributed by atoms with Gasteiger partial charge in [-0.3, -0.25) is 14.5 Å². The van der Waals surface area contributed by atoms with Gasteiger partial charge in [-0.25, -0.2) is 0 Å². The van der Waals surface area contributed by atoms with Crippen molar-refractivity contribution in [2.45, 2.75) is 27.2 Å². The molecule has 2 unspecified atom stereocenters. The van der Waals surface area contributed by atoms with Gasteiger partial charge in [-0.2, -0.15) is 0 Å². The Morgan fingerprint density at radius 1 is 1.07 bits per heavy atom. The number of hydrogen-bond donors (Lipinski definition) is 0. The smallest absolute Gasteiger partial charge is 0.289 e. The van der Waals surface area contributed by atoms with Crippen LogP contribution in [0.15, 0.2) is 22.6 Å². The summed E-state index contributed by atoms with van der Waals surface area (Å²) in [7, 11) is 0. The molecule has 0 bridgehead atoms. The summed E-state index contributed by atoms with van der Waals surface area (Å²) in [6.07, 6.45) is 1.19. The number of benzene rings is 1. The molecule has 2 aromatic rings. The van der Waals surface area contributed by atoms with Crippen LogP contribution in [0.5, 0.6) is 0 Å². The molecule has 0 radical (unpaired) electrons. The second kappa shape index (κ2) is 8.60. The fourth-order valence-corrected chi connectivity index (χ4v) is 4.98. The molecule has 7 heteroatoms. The highest BCUT2D eigenvalue weighted by molar-refractivity contribution is 6.31. The van der Waals surface area contributed by atoms with E-state index < -0.39 is 0 Å². The first-order chi connectivity index (χ1) is 14.3. The Labute approximate surface area is 182 Å². The van der Waals surface area contributed by atoms with Gasteiger partial charge in [-0.15, -0.1) is 0 Å². The number of amides is 2. The van der Waals surface area contributed by atoms with Crippen LogP contribution in [0.3, 0.4) is 0 Å². The summed E-state index contributed by atoms with van der Waals surface area (Å²) in [5, 5.41) is 1.50. The average Bonchev–Trinajstić information content (AvgIpc) is 3.03. The van der Waals surface area contributed by atoms with Gasteiger partial charge in [0.15, 0.2) is 5.76 Å². The largest absolute Gasteiger partial charge is 0.451 e. The summed E-state index contributed by atoms with van der Waals surface area (Å²) >= 11 is 6.08. The molecule has 2 fully saturated rings.